The van der Waals surface area contributed by atoms with Crippen LogP contribution in [0.15, 0.2) is 0 Å². The van der Waals surface area contributed by atoms with Gasteiger partial charge in [-0.1, -0.05) is 6.92 Å². The molecule has 0 aromatic heterocycles. The third-order valence-electron chi connectivity index (χ3n) is 1.88. The third-order valence-corrected chi connectivity index (χ3v) is 1.88. The molecule has 0 radical (unpaired) electrons. The Balaban J connectivity index is 2.53. The Bertz CT molecular complexity index is 116. The number of ketones is 1. The molecule has 0 aromatic carbocycles. The fourth-order valence-corrected chi connectivity index (χ4v) is 0.749. The highest BCUT2D eigenvalue weighted by atomic mass is 16.1. The van der Waals surface area contributed by atoms with Crippen molar-refractivity contribution in [2.24, 2.45) is 5.41 Å². The van der Waals surface area contributed by atoms with E-state index in [-0.39, 0.29) is 5.41 Å². The van der Waals surface area contributed by atoms with E-state index in [1.807, 2.05) is 6.92 Å². The summed E-state index contributed by atoms with van der Waals surface area (Å²) in [7, 11) is 0. The Morgan fingerprint density at radius 3 is 2.12 bits per heavy atom. The van der Waals surface area contributed by atoms with Gasteiger partial charge in [-0.05, 0) is 6.92 Å². The number of hydrogen-bond donors (Lipinski definition) is 1. The van der Waals surface area contributed by atoms with Gasteiger partial charge in [-0.3, -0.25) is 4.79 Å². The van der Waals surface area contributed by atoms with Gasteiger partial charge in [-0.25, -0.2) is 0 Å². The lowest BCUT2D eigenvalue weighted by Gasteiger charge is -2.36. The highest BCUT2D eigenvalue weighted by molar-refractivity contribution is 5.83. The lowest BCUT2D eigenvalue weighted by atomic mass is 9.81. The summed E-state index contributed by atoms with van der Waals surface area (Å²) in [6.07, 6.45) is 0. The van der Waals surface area contributed by atoms with E-state index in [2.05, 4.69) is 5.32 Å². The molecule has 0 unspecified atom stereocenters. The first-order valence-corrected chi connectivity index (χ1v) is 2.87. The monoisotopic (exact) mass is 113 g/mol. The first kappa shape index (κ1) is 5.76. The van der Waals surface area contributed by atoms with Gasteiger partial charge in [-0.15, -0.1) is 0 Å². The maximum absolute atomic E-state index is 10.7. The van der Waals surface area contributed by atoms with Crippen LogP contribution in [0.2, 0.25) is 0 Å². The van der Waals surface area contributed by atoms with Crippen molar-refractivity contribution >= 4 is 5.78 Å². The molecule has 1 saturated heterocycles. The van der Waals surface area contributed by atoms with Crippen LogP contribution in [0.5, 0.6) is 0 Å². The highest BCUT2D eigenvalue weighted by Crippen LogP contribution is 2.21. The summed E-state index contributed by atoms with van der Waals surface area (Å²) < 4.78 is 0. The van der Waals surface area contributed by atoms with Crippen LogP contribution in [0.1, 0.15) is 13.8 Å². The average molecular weight is 113 g/mol. The van der Waals surface area contributed by atoms with E-state index in [4.69, 9.17) is 0 Å². The Morgan fingerprint density at radius 2 is 2.12 bits per heavy atom. The molecule has 2 heteroatoms. The standard InChI is InChI=1S/C6H11NO/c1-5(8)6(2)3-7-4-6/h7H,3-4H2,1-2H3. The fourth-order valence-electron chi connectivity index (χ4n) is 0.749. The molecule has 1 fully saturated rings. The van der Waals surface area contributed by atoms with Crippen LogP contribution in [0.3, 0.4) is 0 Å². The lowest BCUT2D eigenvalue weighted by Crippen LogP contribution is -2.55. The van der Waals surface area contributed by atoms with Crippen molar-refractivity contribution in [2.45, 2.75) is 13.8 Å². The molecule has 0 atom stereocenters. The molecule has 0 saturated carbocycles. The van der Waals surface area contributed by atoms with Gasteiger partial charge in [0.25, 0.3) is 0 Å². The van der Waals surface area contributed by atoms with Crippen molar-refractivity contribution in [1.29, 1.82) is 0 Å². The van der Waals surface area contributed by atoms with Crippen LogP contribution in [0, 0.1) is 5.41 Å². The van der Waals surface area contributed by atoms with Crippen molar-refractivity contribution in [3.63, 3.8) is 0 Å². The van der Waals surface area contributed by atoms with Gasteiger partial charge in [0.1, 0.15) is 5.78 Å². The van der Waals surface area contributed by atoms with E-state index in [9.17, 15) is 4.79 Å². The van der Waals surface area contributed by atoms with Crippen molar-refractivity contribution in [1.82, 2.24) is 5.32 Å². The smallest absolute Gasteiger partial charge is 0.138 e. The Morgan fingerprint density at radius 1 is 1.62 bits per heavy atom. The summed E-state index contributed by atoms with van der Waals surface area (Å²) in [6.45, 7) is 5.37. The summed E-state index contributed by atoms with van der Waals surface area (Å²) in [5, 5.41) is 3.06. The van der Waals surface area contributed by atoms with E-state index in [0.717, 1.165) is 13.1 Å². The Kier molecular flexibility index (Phi) is 1.12. The highest BCUT2D eigenvalue weighted by Gasteiger charge is 2.35. The summed E-state index contributed by atoms with van der Waals surface area (Å²) >= 11 is 0. The molecule has 1 rings (SSSR count). The Labute approximate surface area is 49.3 Å². The molecule has 1 N–H and O–H groups in total. The van der Waals surface area contributed by atoms with Gasteiger partial charge in [0.15, 0.2) is 0 Å². The zero-order valence-corrected chi connectivity index (χ0v) is 5.32. The normalized spacial score (nSPS) is 24.2. The second-order valence-corrected chi connectivity index (χ2v) is 2.72. The quantitative estimate of drug-likeness (QED) is 0.525. The van der Waals surface area contributed by atoms with E-state index in [1.54, 1.807) is 6.92 Å². The number of rotatable bonds is 1. The summed E-state index contributed by atoms with van der Waals surface area (Å²) in [5.41, 5.74) is -0.0278. The van der Waals surface area contributed by atoms with Crippen molar-refractivity contribution in [3.05, 3.63) is 0 Å². The number of carbonyl (C=O) groups excluding carboxylic acids is 1. The molecule has 1 heterocycles. The van der Waals surface area contributed by atoms with E-state index < -0.39 is 0 Å². The van der Waals surface area contributed by atoms with Crippen LogP contribution in [0.25, 0.3) is 0 Å². The zero-order chi connectivity index (χ0) is 6.20. The second-order valence-electron chi connectivity index (χ2n) is 2.72. The maximum Gasteiger partial charge on any atom is 0.138 e. The molecule has 1 aliphatic rings. The van der Waals surface area contributed by atoms with Gasteiger partial charge >= 0.3 is 0 Å². The molecule has 46 valence electrons. The van der Waals surface area contributed by atoms with Crippen LogP contribution in [-0.2, 0) is 4.79 Å². The van der Waals surface area contributed by atoms with Gasteiger partial charge in [-0.2, -0.15) is 0 Å². The van der Waals surface area contributed by atoms with E-state index in [0.29, 0.717) is 5.78 Å². The molecule has 8 heavy (non-hydrogen) atoms. The van der Waals surface area contributed by atoms with Gasteiger partial charge in [0.2, 0.25) is 0 Å². The van der Waals surface area contributed by atoms with Crippen LogP contribution < -0.4 is 5.32 Å². The van der Waals surface area contributed by atoms with Crippen LogP contribution >= 0.6 is 0 Å². The number of nitrogens with one attached hydrogen (secondary N) is 1. The minimum absolute atomic E-state index is 0.0278. The first-order valence-electron chi connectivity index (χ1n) is 2.87. The van der Waals surface area contributed by atoms with Crippen molar-refractivity contribution < 1.29 is 4.79 Å². The lowest BCUT2D eigenvalue weighted by molar-refractivity contribution is -0.128. The molecule has 0 amide bonds. The molecule has 1 aliphatic heterocycles. The van der Waals surface area contributed by atoms with Gasteiger partial charge in [0.05, 0.1) is 5.41 Å². The Hall–Kier alpha value is -0.370. The molecule has 0 aromatic rings. The van der Waals surface area contributed by atoms with E-state index in [1.165, 1.54) is 0 Å². The third kappa shape index (κ3) is 0.650. The zero-order valence-electron chi connectivity index (χ0n) is 5.32. The minimum Gasteiger partial charge on any atom is -0.315 e. The van der Waals surface area contributed by atoms with Gasteiger partial charge in [0, 0.05) is 13.1 Å². The number of carbonyl (C=O) groups is 1. The maximum atomic E-state index is 10.7. The number of Topliss-reactive ketones (excluding diaryl/α,β-unsaturated/α-hetero) is 1. The largest absolute Gasteiger partial charge is 0.315 e. The van der Waals surface area contributed by atoms with Gasteiger partial charge < -0.3 is 5.32 Å². The molecule has 0 spiro atoms. The molecular formula is C6H11NO. The fraction of sp³-hybridized carbons (Fsp3) is 0.833. The molecule has 0 bridgehead atoms. The van der Waals surface area contributed by atoms with Crippen LogP contribution in [-0.4, -0.2) is 18.9 Å². The van der Waals surface area contributed by atoms with Crippen molar-refractivity contribution in [2.75, 3.05) is 13.1 Å². The molecule has 0 aliphatic carbocycles. The predicted molar refractivity (Wildman–Crippen MR) is 31.7 cm³/mol. The number of hydrogen-bond acceptors (Lipinski definition) is 2. The SMILES string of the molecule is CC(=O)C1(C)CNC1. The topological polar surface area (TPSA) is 29.1 Å². The summed E-state index contributed by atoms with van der Waals surface area (Å²) in [6, 6.07) is 0. The predicted octanol–water partition coefficient (Wildman–Crippen LogP) is 0.185. The summed E-state index contributed by atoms with van der Waals surface area (Å²) in [4.78, 5) is 10.7. The minimum atomic E-state index is -0.0278. The molecule has 2 nitrogen and oxygen atoms in total. The average Bonchev–Trinajstić information content (AvgIpc) is 1.60. The van der Waals surface area contributed by atoms with Crippen molar-refractivity contribution in [3.8, 4) is 0 Å². The summed E-state index contributed by atoms with van der Waals surface area (Å²) in [5.74, 6) is 0.302. The second kappa shape index (κ2) is 1.55. The first-order chi connectivity index (χ1) is 3.65. The molecular weight excluding hydrogens is 102 g/mol. The van der Waals surface area contributed by atoms with E-state index >= 15 is 0 Å². The van der Waals surface area contributed by atoms with Crippen LogP contribution in [0.4, 0.5) is 0 Å².